The molecule has 1 aliphatic heterocycles. The lowest BCUT2D eigenvalue weighted by Crippen LogP contribution is -2.38. The van der Waals surface area contributed by atoms with Gasteiger partial charge in [-0.1, -0.05) is 20.8 Å². The summed E-state index contributed by atoms with van der Waals surface area (Å²) in [6.07, 6.45) is 0. The summed E-state index contributed by atoms with van der Waals surface area (Å²) < 4.78 is 11.5. The van der Waals surface area contributed by atoms with Crippen LogP contribution in [0.4, 0.5) is 0 Å². The van der Waals surface area contributed by atoms with E-state index in [1.165, 1.54) is 20.9 Å². The Balaban J connectivity index is 0.00000507. The molecule has 206 valence electrons. The zero-order chi connectivity index (χ0) is 27.7. The third-order valence-electron chi connectivity index (χ3n) is 6.23. The molecule has 0 aliphatic carbocycles. The van der Waals surface area contributed by atoms with Crippen LogP contribution in [0.2, 0.25) is 0 Å². The summed E-state index contributed by atoms with van der Waals surface area (Å²) in [7, 11) is 1.53. The standard InChI is InChI=1S/C28H35N3O6.BrH/c1-8-36-23-12-17-14-31(24(29)18(17)13-19(23)25(33)30-7)15-21(32)16-9-10-22(20(11-16)27(2,3)4)37-28(5,6)26(34)35;/h9-13,29H,8,14-15H2,1-7H3,(H,30,33)(H,34,35);1H. The van der Waals surface area contributed by atoms with E-state index in [2.05, 4.69) is 5.32 Å². The van der Waals surface area contributed by atoms with E-state index in [-0.39, 0.29) is 41.1 Å². The van der Waals surface area contributed by atoms with Crippen molar-refractivity contribution in [2.24, 2.45) is 0 Å². The first-order valence-corrected chi connectivity index (χ1v) is 12.2. The first-order chi connectivity index (χ1) is 17.2. The van der Waals surface area contributed by atoms with Gasteiger partial charge in [-0.2, -0.15) is 0 Å². The number of hydrogen-bond donors (Lipinski definition) is 3. The number of aliphatic carboxylic acids is 1. The van der Waals surface area contributed by atoms with E-state index in [1.54, 1.807) is 35.2 Å². The number of carbonyl (C=O) groups excluding carboxylic acids is 2. The molecule has 0 spiro atoms. The highest BCUT2D eigenvalue weighted by Crippen LogP contribution is 2.35. The highest BCUT2D eigenvalue weighted by molar-refractivity contribution is 8.93. The van der Waals surface area contributed by atoms with Gasteiger partial charge in [0.05, 0.1) is 18.7 Å². The maximum atomic E-state index is 13.3. The van der Waals surface area contributed by atoms with Crippen LogP contribution >= 0.6 is 17.0 Å². The van der Waals surface area contributed by atoms with Crippen LogP contribution < -0.4 is 14.8 Å². The van der Waals surface area contributed by atoms with Gasteiger partial charge in [0.2, 0.25) is 0 Å². The van der Waals surface area contributed by atoms with Crippen molar-refractivity contribution in [2.45, 2.75) is 59.1 Å². The number of Topliss-reactive ketones (excluding diaryl/α,β-unsaturated/α-hetero) is 1. The zero-order valence-corrected chi connectivity index (χ0v) is 24.6. The first-order valence-electron chi connectivity index (χ1n) is 12.2. The fraction of sp³-hybridized carbons (Fsp3) is 0.429. The second-order valence-corrected chi connectivity index (χ2v) is 10.5. The maximum Gasteiger partial charge on any atom is 0.347 e. The molecule has 1 heterocycles. The van der Waals surface area contributed by atoms with E-state index in [4.69, 9.17) is 14.9 Å². The van der Waals surface area contributed by atoms with Gasteiger partial charge in [-0.25, -0.2) is 4.79 Å². The average Bonchev–Trinajstić information content (AvgIpc) is 3.11. The van der Waals surface area contributed by atoms with Crippen molar-refractivity contribution >= 4 is 40.5 Å². The molecule has 3 rings (SSSR count). The molecule has 1 aliphatic rings. The molecule has 0 radical (unpaired) electrons. The molecule has 0 saturated heterocycles. The van der Waals surface area contributed by atoms with Crippen molar-refractivity contribution in [2.75, 3.05) is 20.2 Å². The molecular weight excluding hydrogens is 554 g/mol. The number of rotatable bonds is 9. The maximum absolute atomic E-state index is 13.3. The summed E-state index contributed by atoms with van der Waals surface area (Å²) in [6.45, 7) is 11.4. The Morgan fingerprint density at radius 1 is 1.08 bits per heavy atom. The lowest BCUT2D eigenvalue weighted by molar-refractivity contribution is -0.152. The molecule has 0 saturated carbocycles. The predicted molar refractivity (Wildman–Crippen MR) is 150 cm³/mol. The predicted octanol–water partition coefficient (Wildman–Crippen LogP) is 4.59. The number of carboxylic acid groups (broad SMARTS) is 1. The van der Waals surface area contributed by atoms with E-state index in [9.17, 15) is 19.5 Å². The van der Waals surface area contributed by atoms with Crippen molar-refractivity contribution in [1.29, 1.82) is 5.41 Å². The van der Waals surface area contributed by atoms with Gasteiger partial charge in [0.15, 0.2) is 11.4 Å². The highest BCUT2D eigenvalue weighted by atomic mass is 79.9. The number of amidine groups is 1. The average molecular weight is 591 g/mol. The summed E-state index contributed by atoms with van der Waals surface area (Å²) >= 11 is 0. The molecule has 0 bridgehead atoms. The molecule has 38 heavy (non-hydrogen) atoms. The Morgan fingerprint density at radius 2 is 1.74 bits per heavy atom. The number of nitrogens with one attached hydrogen (secondary N) is 2. The van der Waals surface area contributed by atoms with E-state index in [1.807, 2.05) is 27.7 Å². The molecule has 10 heteroatoms. The van der Waals surface area contributed by atoms with Gasteiger partial charge in [0.25, 0.3) is 5.91 Å². The SMILES string of the molecule is Br.CCOc1cc2c(cc1C(=O)NC)C(=N)N(CC(=O)c1ccc(OC(C)(C)C(=O)O)c(C(C)(C)C)c1)C2. The Hall–Kier alpha value is -3.40. The lowest BCUT2D eigenvalue weighted by atomic mass is 9.84. The smallest absolute Gasteiger partial charge is 0.347 e. The number of halogens is 1. The Kier molecular flexibility index (Phi) is 9.37. The molecule has 1 amide bonds. The van der Waals surface area contributed by atoms with Gasteiger partial charge in [-0.15, -0.1) is 17.0 Å². The molecule has 9 nitrogen and oxygen atoms in total. The minimum Gasteiger partial charge on any atom is -0.493 e. The topological polar surface area (TPSA) is 129 Å². The molecular formula is C28H36BrN3O6. The zero-order valence-electron chi connectivity index (χ0n) is 22.9. The van der Waals surface area contributed by atoms with E-state index in [0.29, 0.717) is 46.9 Å². The van der Waals surface area contributed by atoms with Crippen LogP contribution in [0.25, 0.3) is 0 Å². The normalized spacial score (nSPS) is 12.9. The van der Waals surface area contributed by atoms with Crippen LogP contribution in [0.3, 0.4) is 0 Å². The van der Waals surface area contributed by atoms with Crippen LogP contribution in [0.5, 0.6) is 11.5 Å². The fourth-order valence-corrected chi connectivity index (χ4v) is 4.11. The summed E-state index contributed by atoms with van der Waals surface area (Å²) in [6, 6.07) is 8.39. The first kappa shape index (κ1) is 30.8. The van der Waals surface area contributed by atoms with Gasteiger partial charge in [-0.3, -0.25) is 15.0 Å². The number of carboxylic acids is 1. The van der Waals surface area contributed by atoms with Crippen LogP contribution in [0.1, 0.15) is 78.9 Å². The largest absolute Gasteiger partial charge is 0.493 e. The quantitative estimate of drug-likeness (QED) is 0.365. The number of amides is 1. The van der Waals surface area contributed by atoms with Gasteiger partial charge in [-0.05, 0) is 62.1 Å². The molecule has 3 N–H and O–H groups in total. The van der Waals surface area contributed by atoms with Crippen LogP contribution in [-0.4, -0.2) is 59.3 Å². The van der Waals surface area contributed by atoms with Gasteiger partial charge in [0, 0.05) is 30.3 Å². The lowest BCUT2D eigenvalue weighted by Gasteiger charge is -2.28. The van der Waals surface area contributed by atoms with Crippen molar-refractivity contribution < 1.29 is 29.0 Å². The van der Waals surface area contributed by atoms with Crippen molar-refractivity contribution in [3.05, 3.63) is 58.1 Å². The molecule has 2 aromatic carbocycles. The second kappa shape index (κ2) is 11.6. The summed E-state index contributed by atoms with van der Waals surface area (Å²) in [5.74, 6) is -0.581. The number of hydrogen-bond acceptors (Lipinski definition) is 6. The van der Waals surface area contributed by atoms with Crippen molar-refractivity contribution in [3.8, 4) is 11.5 Å². The van der Waals surface area contributed by atoms with Crippen molar-refractivity contribution in [3.63, 3.8) is 0 Å². The van der Waals surface area contributed by atoms with Crippen LogP contribution in [0, 0.1) is 5.41 Å². The van der Waals surface area contributed by atoms with Gasteiger partial charge < -0.3 is 24.8 Å². The van der Waals surface area contributed by atoms with E-state index < -0.39 is 17.0 Å². The van der Waals surface area contributed by atoms with Crippen LogP contribution in [-0.2, 0) is 16.8 Å². The molecule has 0 fully saturated rings. The summed E-state index contributed by atoms with van der Waals surface area (Å²) in [4.78, 5) is 38.9. The Morgan fingerprint density at radius 3 is 2.29 bits per heavy atom. The fourth-order valence-electron chi connectivity index (χ4n) is 4.11. The number of ether oxygens (including phenoxy) is 2. The number of benzene rings is 2. The van der Waals surface area contributed by atoms with Gasteiger partial charge in [0.1, 0.15) is 17.3 Å². The molecule has 0 unspecified atom stereocenters. The van der Waals surface area contributed by atoms with Crippen molar-refractivity contribution in [1.82, 2.24) is 10.2 Å². The minimum absolute atomic E-state index is 0. The Labute approximate surface area is 233 Å². The molecule has 2 aromatic rings. The number of carbonyl (C=O) groups is 3. The third-order valence-corrected chi connectivity index (χ3v) is 6.23. The van der Waals surface area contributed by atoms with Crippen LogP contribution in [0.15, 0.2) is 30.3 Å². The summed E-state index contributed by atoms with van der Waals surface area (Å²) in [5.41, 5.74) is 1.04. The number of fused-ring (bicyclic) bond motifs is 1. The Bertz CT molecular complexity index is 1270. The third kappa shape index (κ3) is 6.35. The van der Waals surface area contributed by atoms with E-state index in [0.717, 1.165) is 5.56 Å². The van der Waals surface area contributed by atoms with Gasteiger partial charge >= 0.3 is 5.97 Å². The number of nitrogens with zero attached hydrogens (tertiary/aromatic N) is 1. The molecule has 0 aromatic heterocycles. The summed E-state index contributed by atoms with van der Waals surface area (Å²) in [5, 5.41) is 20.7. The monoisotopic (exact) mass is 589 g/mol. The second-order valence-electron chi connectivity index (χ2n) is 10.5. The molecule has 0 atom stereocenters. The number of ketones is 1. The highest BCUT2D eigenvalue weighted by Gasteiger charge is 2.33. The van der Waals surface area contributed by atoms with E-state index >= 15 is 0 Å². The minimum atomic E-state index is -1.43.